The number of hydrogen-bond donors (Lipinski definition) is 0. The highest BCUT2D eigenvalue weighted by molar-refractivity contribution is 7.98. The second-order valence-electron chi connectivity index (χ2n) is 6.39. The Morgan fingerprint density at radius 3 is 2.50 bits per heavy atom. The fraction of sp³-hybridized carbons (Fsp3) is 0.474. The van der Waals surface area contributed by atoms with Gasteiger partial charge in [-0.1, -0.05) is 42.6 Å². The van der Waals surface area contributed by atoms with Gasteiger partial charge in [-0.2, -0.15) is 0 Å². The van der Waals surface area contributed by atoms with Crippen LogP contribution >= 0.6 is 23.4 Å². The maximum Gasteiger partial charge on any atom is 0.189 e. The molecule has 1 heterocycles. The molecule has 0 radical (unpaired) electrons. The first-order chi connectivity index (χ1) is 11.7. The zero-order valence-corrected chi connectivity index (χ0v) is 15.9. The number of rotatable bonds is 5. The van der Waals surface area contributed by atoms with Gasteiger partial charge in [0.05, 0.1) is 0 Å². The van der Waals surface area contributed by atoms with E-state index in [1.165, 1.54) is 32.1 Å². The van der Waals surface area contributed by atoms with Crippen LogP contribution in [0.1, 0.15) is 39.0 Å². The summed E-state index contributed by atoms with van der Waals surface area (Å²) in [6, 6.07) is 10.5. The average molecular weight is 362 g/mol. The van der Waals surface area contributed by atoms with Crippen molar-refractivity contribution in [1.29, 1.82) is 0 Å². The van der Waals surface area contributed by atoms with Gasteiger partial charge in [0.1, 0.15) is 5.82 Å². The zero-order chi connectivity index (χ0) is 16.9. The lowest BCUT2D eigenvalue weighted by Crippen LogP contribution is -2.36. The Bertz CT molecular complexity index is 656. The predicted octanol–water partition coefficient (Wildman–Crippen LogP) is 5.96. The van der Waals surface area contributed by atoms with Crippen LogP contribution in [-0.2, 0) is 0 Å². The Hall–Kier alpha value is -1.26. The number of aromatic nitrogens is 2. The fourth-order valence-electron chi connectivity index (χ4n) is 3.57. The highest BCUT2D eigenvalue weighted by Gasteiger charge is 2.27. The van der Waals surface area contributed by atoms with Crippen molar-refractivity contribution in [3.05, 3.63) is 41.6 Å². The van der Waals surface area contributed by atoms with Crippen molar-refractivity contribution >= 4 is 34.9 Å². The smallest absolute Gasteiger partial charge is 0.189 e. The van der Waals surface area contributed by atoms with Gasteiger partial charge in [-0.15, -0.1) is 0 Å². The van der Waals surface area contributed by atoms with Gasteiger partial charge in [0.15, 0.2) is 5.16 Å². The molecule has 2 aromatic rings. The Labute approximate surface area is 153 Å². The summed E-state index contributed by atoms with van der Waals surface area (Å²) in [5.41, 5.74) is 1.14. The quantitative estimate of drug-likeness (QED) is 0.485. The van der Waals surface area contributed by atoms with Crippen molar-refractivity contribution < 1.29 is 0 Å². The van der Waals surface area contributed by atoms with Crippen LogP contribution in [0.2, 0.25) is 5.02 Å². The molecule has 1 fully saturated rings. The molecule has 1 aromatic heterocycles. The molecule has 0 aliphatic heterocycles. The number of anilines is 2. The van der Waals surface area contributed by atoms with Crippen molar-refractivity contribution in [2.75, 3.05) is 11.2 Å². The molecule has 1 atom stereocenters. The van der Waals surface area contributed by atoms with Gasteiger partial charge in [0, 0.05) is 22.9 Å². The number of thioether (sulfide) groups is 1. The third-order valence-electron chi connectivity index (χ3n) is 4.89. The SMILES string of the molecule is CSc1nccc(N(c2ccc(Cl)cc2)[C@H](C)C2CCCCC2)n1. The average Bonchev–Trinajstić information content (AvgIpc) is 2.64. The monoisotopic (exact) mass is 361 g/mol. The third-order valence-corrected chi connectivity index (χ3v) is 5.71. The minimum Gasteiger partial charge on any atom is -0.323 e. The van der Waals surface area contributed by atoms with Crippen LogP contribution in [0.25, 0.3) is 0 Å². The highest BCUT2D eigenvalue weighted by Crippen LogP contribution is 2.35. The molecular formula is C19H24ClN3S. The first-order valence-electron chi connectivity index (χ1n) is 8.61. The van der Waals surface area contributed by atoms with Gasteiger partial charge >= 0.3 is 0 Å². The highest BCUT2D eigenvalue weighted by atomic mass is 35.5. The Morgan fingerprint density at radius 2 is 1.83 bits per heavy atom. The number of nitrogens with zero attached hydrogens (tertiary/aromatic N) is 3. The molecule has 0 unspecified atom stereocenters. The molecular weight excluding hydrogens is 338 g/mol. The van der Waals surface area contributed by atoms with Crippen LogP contribution in [-0.4, -0.2) is 22.3 Å². The summed E-state index contributed by atoms with van der Waals surface area (Å²) in [6.45, 7) is 2.32. The second-order valence-corrected chi connectivity index (χ2v) is 7.60. The van der Waals surface area contributed by atoms with Crippen molar-refractivity contribution in [3.8, 4) is 0 Å². The second kappa shape index (κ2) is 8.21. The molecule has 1 aromatic carbocycles. The largest absolute Gasteiger partial charge is 0.323 e. The van der Waals surface area contributed by atoms with E-state index in [0.717, 1.165) is 21.7 Å². The Morgan fingerprint density at radius 1 is 1.12 bits per heavy atom. The molecule has 0 spiro atoms. The fourth-order valence-corrected chi connectivity index (χ4v) is 4.05. The van der Waals surface area contributed by atoms with E-state index in [-0.39, 0.29) is 0 Å². The van der Waals surface area contributed by atoms with Crippen LogP contribution < -0.4 is 4.90 Å². The van der Waals surface area contributed by atoms with E-state index in [1.807, 2.05) is 30.7 Å². The summed E-state index contributed by atoms with van der Waals surface area (Å²) in [7, 11) is 0. The summed E-state index contributed by atoms with van der Waals surface area (Å²) in [4.78, 5) is 11.4. The lowest BCUT2D eigenvalue weighted by Gasteiger charge is -2.37. The normalized spacial score (nSPS) is 16.8. The molecule has 1 aliphatic rings. The topological polar surface area (TPSA) is 29.0 Å². The number of hydrogen-bond acceptors (Lipinski definition) is 4. The lowest BCUT2D eigenvalue weighted by molar-refractivity contribution is 0.314. The van der Waals surface area contributed by atoms with Crippen molar-refractivity contribution in [3.63, 3.8) is 0 Å². The van der Waals surface area contributed by atoms with E-state index < -0.39 is 0 Å². The molecule has 24 heavy (non-hydrogen) atoms. The summed E-state index contributed by atoms with van der Waals surface area (Å²) in [6.07, 6.45) is 10.5. The predicted molar refractivity (Wildman–Crippen MR) is 103 cm³/mol. The van der Waals surface area contributed by atoms with Crippen LogP contribution in [0.15, 0.2) is 41.7 Å². The van der Waals surface area contributed by atoms with E-state index in [0.29, 0.717) is 12.0 Å². The van der Waals surface area contributed by atoms with E-state index in [2.05, 4.69) is 28.9 Å². The van der Waals surface area contributed by atoms with Gasteiger partial charge in [-0.25, -0.2) is 9.97 Å². The van der Waals surface area contributed by atoms with Gasteiger partial charge in [0.2, 0.25) is 0 Å². The number of benzene rings is 1. The molecule has 0 bridgehead atoms. The summed E-state index contributed by atoms with van der Waals surface area (Å²) >= 11 is 7.67. The van der Waals surface area contributed by atoms with Crippen molar-refractivity contribution in [2.24, 2.45) is 5.92 Å². The summed E-state index contributed by atoms with van der Waals surface area (Å²) in [5, 5.41) is 1.57. The summed E-state index contributed by atoms with van der Waals surface area (Å²) in [5.74, 6) is 1.66. The van der Waals surface area contributed by atoms with E-state index in [9.17, 15) is 0 Å². The minimum atomic E-state index is 0.399. The zero-order valence-electron chi connectivity index (χ0n) is 14.3. The third kappa shape index (κ3) is 4.04. The van der Waals surface area contributed by atoms with Crippen molar-refractivity contribution in [1.82, 2.24) is 9.97 Å². The molecule has 3 rings (SSSR count). The van der Waals surface area contributed by atoms with Crippen LogP contribution in [0, 0.1) is 5.92 Å². The maximum absolute atomic E-state index is 6.09. The van der Waals surface area contributed by atoms with Crippen LogP contribution in [0.3, 0.4) is 0 Å². The van der Waals surface area contributed by atoms with E-state index in [1.54, 1.807) is 11.8 Å². The standard InChI is InChI=1S/C19H24ClN3S/c1-14(15-6-4-3-5-7-15)23(17-10-8-16(20)9-11-17)18-12-13-21-19(22-18)24-2/h8-15H,3-7H2,1-2H3/t14-/m1/s1. The Balaban J connectivity index is 1.97. The molecule has 3 nitrogen and oxygen atoms in total. The van der Waals surface area contributed by atoms with Gasteiger partial charge in [-0.05, 0) is 62.3 Å². The molecule has 0 amide bonds. The van der Waals surface area contributed by atoms with Gasteiger partial charge < -0.3 is 4.90 Å². The number of halogens is 1. The van der Waals surface area contributed by atoms with E-state index >= 15 is 0 Å². The van der Waals surface area contributed by atoms with Crippen molar-refractivity contribution in [2.45, 2.75) is 50.2 Å². The lowest BCUT2D eigenvalue weighted by atomic mass is 9.83. The molecule has 128 valence electrons. The molecule has 0 N–H and O–H groups in total. The van der Waals surface area contributed by atoms with Crippen LogP contribution in [0.5, 0.6) is 0 Å². The molecule has 1 saturated carbocycles. The first-order valence-corrected chi connectivity index (χ1v) is 10.2. The summed E-state index contributed by atoms with van der Waals surface area (Å²) < 4.78 is 0. The Kier molecular flexibility index (Phi) is 6.01. The molecule has 0 saturated heterocycles. The van der Waals surface area contributed by atoms with Crippen LogP contribution in [0.4, 0.5) is 11.5 Å². The molecule has 1 aliphatic carbocycles. The van der Waals surface area contributed by atoms with Gasteiger partial charge in [-0.3, -0.25) is 0 Å². The van der Waals surface area contributed by atoms with E-state index in [4.69, 9.17) is 16.6 Å². The minimum absolute atomic E-state index is 0.399. The van der Waals surface area contributed by atoms with Gasteiger partial charge in [0.25, 0.3) is 0 Å². The first kappa shape index (κ1) is 17.6. The molecule has 5 heteroatoms. The maximum atomic E-state index is 6.09.